The van der Waals surface area contributed by atoms with Gasteiger partial charge in [0, 0.05) is 0 Å². The van der Waals surface area contributed by atoms with Gasteiger partial charge in [-0.15, -0.1) is 24.2 Å². The van der Waals surface area contributed by atoms with Crippen LogP contribution in [-0.2, 0) is 28.6 Å². The summed E-state index contributed by atoms with van der Waals surface area (Å²) in [6.07, 6.45) is 0.111. The Morgan fingerprint density at radius 1 is 1.09 bits per heavy atom. The van der Waals surface area contributed by atoms with Crippen molar-refractivity contribution in [2.45, 2.75) is 17.5 Å². The monoisotopic (exact) mass is 496 g/mol. The summed E-state index contributed by atoms with van der Waals surface area (Å²) in [4.78, 5) is 26.8. The predicted molar refractivity (Wildman–Crippen MR) is 122 cm³/mol. The lowest BCUT2D eigenvalue weighted by atomic mass is 10.0. The van der Waals surface area contributed by atoms with Crippen molar-refractivity contribution in [1.29, 1.82) is 0 Å². The topological polar surface area (TPSA) is 116 Å². The first-order valence-corrected chi connectivity index (χ1v) is 12.3. The number of thioether (sulfide) groups is 1. The largest absolute Gasteiger partial charge is 0.448 e. The molecule has 32 heavy (non-hydrogen) atoms. The molecule has 0 aromatic heterocycles. The van der Waals surface area contributed by atoms with E-state index in [1.165, 1.54) is 11.8 Å². The molecule has 0 radical (unpaired) electrons. The third-order valence-electron chi connectivity index (χ3n) is 4.85. The van der Waals surface area contributed by atoms with E-state index in [2.05, 4.69) is 0 Å². The van der Waals surface area contributed by atoms with Gasteiger partial charge in [0.05, 0.1) is 12.0 Å². The molecule has 2 N–H and O–H groups in total. The van der Waals surface area contributed by atoms with Gasteiger partial charge in [-0.2, -0.15) is 8.42 Å². The zero-order valence-electron chi connectivity index (χ0n) is 16.9. The van der Waals surface area contributed by atoms with Gasteiger partial charge in [0.15, 0.2) is 17.6 Å². The van der Waals surface area contributed by atoms with Crippen LogP contribution in [0.4, 0.5) is 0 Å². The highest BCUT2D eigenvalue weighted by Gasteiger charge is 2.53. The van der Waals surface area contributed by atoms with Crippen molar-refractivity contribution >= 4 is 46.2 Å². The van der Waals surface area contributed by atoms with Gasteiger partial charge < -0.3 is 14.7 Å². The molecule has 1 amide bonds. The summed E-state index contributed by atoms with van der Waals surface area (Å²) in [5.41, 5.74) is 7.07. The second-order valence-corrected chi connectivity index (χ2v) is 9.78. The Balaban J connectivity index is 0.00000289. The molecule has 1 fully saturated rings. The molecular formula is C21H21ClN2O6S2. The number of nitrogens with two attached hydrogens (primary N) is 1. The summed E-state index contributed by atoms with van der Waals surface area (Å²) in [6.45, 7) is 0. The lowest BCUT2D eigenvalue weighted by Crippen LogP contribution is -2.68. The van der Waals surface area contributed by atoms with Crippen LogP contribution in [0, 0.1) is 0 Å². The average molecular weight is 497 g/mol. The fourth-order valence-electron chi connectivity index (χ4n) is 3.47. The highest BCUT2D eigenvalue weighted by atomic mass is 35.5. The molecule has 0 bridgehead atoms. The van der Waals surface area contributed by atoms with E-state index in [9.17, 15) is 18.0 Å². The van der Waals surface area contributed by atoms with Crippen LogP contribution in [-0.4, -0.2) is 48.6 Å². The molecule has 2 aromatic carbocycles. The number of amides is 1. The lowest BCUT2D eigenvalue weighted by molar-refractivity contribution is -0.153. The van der Waals surface area contributed by atoms with Gasteiger partial charge in [0.1, 0.15) is 11.4 Å². The summed E-state index contributed by atoms with van der Waals surface area (Å²) in [5, 5.41) is -0.478. The van der Waals surface area contributed by atoms with E-state index >= 15 is 0 Å². The van der Waals surface area contributed by atoms with Crippen LogP contribution in [0.5, 0.6) is 0 Å². The van der Waals surface area contributed by atoms with Crippen LogP contribution in [0.15, 0.2) is 72.1 Å². The van der Waals surface area contributed by atoms with Crippen LogP contribution in [0.2, 0.25) is 0 Å². The summed E-state index contributed by atoms with van der Waals surface area (Å²) in [6, 6.07) is 17.5. The average Bonchev–Trinajstić information content (AvgIpc) is 2.76. The number of β-lactam (4-membered cyclic amide) rings is 1. The first kappa shape index (κ1) is 24.1. The van der Waals surface area contributed by atoms with Crippen LogP contribution in [0.3, 0.4) is 0 Å². The number of carbonyl (C=O) groups is 2. The molecule has 170 valence electrons. The fraction of sp³-hybridized carbons (Fsp3) is 0.238. The van der Waals surface area contributed by atoms with E-state index < -0.39 is 39.5 Å². The van der Waals surface area contributed by atoms with Gasteiger partial charge in [0.25, 0.3) is 0 Å². The Labute approximate surface area is 196 Å². The van der Waals surface area contributed by atoms with Crippen molar-refractivity contribution in [3.05, 3.63) is 83.2 Å². The maximum absolute atomic E-state index is 13.3. The van der Waals surface area contributed by atoms with Gasteiger partial charge in [-0.05, 0) is 11.1 Å². The van der Waals surface area contributed by atoms with Crippen molar-refractivity contribution in [2.24, 2.45) is 5.73 Å². The second kappa shape index (κ2) is 9.53. The first-order chi connectivity index (χ1) is 14.8. The van der Waals surface area contributed by atoms with Gasteiger partial charge in [-0.3, -0.25) is 9.69 Å². The molecule has 2 aromatic rings. The molecule has 4 rings (SSSR count). The minimum absolute atomic E-state index is 0. The Morgan fingerprint density at radius 3 is 2.12 bits per heavy atom. The van der Waals surface area contributed by atoms with Crippen molar-refractivity contribution in [1.82, 2.24) is 4.90 Å². The summed E-state index contributed by atoms with van der Waals surface area (Å²) in [5.74, 6) is -1.42. The van der Waals surface area contributed by atoms with E-state index in [4.69, 9.17) is 14.7 Å². The third kappa shape index (κ3) is 4.78. The van der Waals surface area contributed by atoms with Crippen LogP contribution in [0.1, 0.15) is 17.2 Å². The highest BCUT2D eigenvalue weighted by Crippen LogP contribution is 2.41. The maximum atomic E-state index is 13.3. The molecular weight excluding hydrogens is 476 g/mol. The van der Waals surface area contributed by atoms with Crippen LogP contribution in [0.25, 0.3) is 0 Å². The normalized spacial score (nSPS) is 20.2. The smallest absolute Gasteiger partial charge is 0.359 e. The Morgan fingerprint density at radius 2 is 1.62 bits per heavy atom. The van der Waals surface area contributed by atoms with Crippen molar-refractivity contribution in [3.63, 3.8) is 0 Å². The molecule has 1 saturated heterocycles. The van der Waals surface area contributed by atoms with Crippen molar-refractivity contribution in [3.8, 4) is 0 Å². The second-order valence-electron chi connectivity index (χ2n) is 7.10. The Bertz CT molecular complexity index is 1100. The summed E-state index contributed by atoms with van der Waals surface area (Å²) >= 11 is 1.23. The molecule has 0 aliphatic carbocycles. The molecule has 0 saturated carbocycles. The minimum atomic E-state index is -3.92. The quantitative estimate of drug-likeness (QED) is 0.367. The molecule has 2 aliphatic rings. The molecule has 0 unspecified atom stereocenters. The third-order valence-corrected chi connectivity index (χ3v) is 6.63. The van der Waals surface area contributed by atoms with Gasteiger partial charge >= 0.3 is 16.1 Å². The molecule has 2 heterocycles. The predicted octanol–water partition coefficient (Wildman–Crippen LogP) is 2.17. The SMILES string of the molecule is CS(=O)(=O)OC1=C(C(=O)OC(c2ccccc2)c2ccccc2)N2C(=O)[C@@H](N)[C@@H]2SC1.Cl. The van der Waals surface area contributed by atoms with Crippen LogP contribution < -0.4 is 5.73 Å². The lowest BCUT2D eigenvalue weighted by Gasteiger charge is -2.47. The number of hydrogen-bond donors (Lipinski definition) is 1. The van der Waals surface area contributed by atoms with E-state index in [1.807, 2.05) is 60.7 Å². The number of esters is 1. The van der Waals surface area contributed by atoms with Gasteiger partial charge in [0.2, 0.25) is 5.91 Å². The Hall–Kier alpha value is -2.53. The molecule has 11 heteroatoms. The number of hydrogen-bond acceptors (Lipinski definition) is 8. The van der Waals surface area contributed by atoms with E-state index in [-0.39, 0.29) is 29.6 Å². The standard InChI is InChI=1S/C21H20N2O6S2.ClH/c1-31(26,27)29-15-12-30-20-16(22)19(24)23(20)17(15)21(25)28-18(13-8-4-2-5-9-13)14-10-6-3-7-11-14;/h2-11,16,18,20H,12,22H2,1H3;1H/t16-,20+;/m1./s1. The summed E-state index contributed by atoms with van der Waals surface area (Å²) in [7, 11) is -3.92. The molecule has 2 aliphatic heterocycles. The molecule has 8 nitrogen and oxygen atoms in total. The highest BCUT2D eigenvalue weighted by molar-refractivity contribution is 8.00. The number of rotatable bonds is 6. The van der Waals surface area contributed by atoms with Gasteiger partial charge in [-0.1, -0.05) is 60.7 Å². The Kier molecular flexibility index (Phi) is 7.19. The minimum Gasteiger partial charge on any atom is -0.448 e. The van der Waals surface area contributed by atoms with E-state index in [1.54, 1.807) is 0 Å². The van der Waals surface area contributed by atoms with Gasteiger partial charge in [-0.25, -0.2) is 4.79 Å². The maximum Gasteiger partial charge on any atom is 0.359 e. The van der Waals surface area contributed by atoms with E-state index in [0.29, 0.717) is 0 Å². The van der Waals surface area contributed by atoms with Crippen molar-refractivity contribution in [2.75, 3.05) is 12.0 Å². The zero-order chi connectivity index (χ0) is 22.2. The first-order valence-electron chi connectivity index (χ1n) is 9.40. The zero-order valence-corrected chi connectivity index (χ0v) is 19.4. The fourth-order valence-corrected chi connectivity index (χ4v) is 5.25. The number of benzene rings is 2. The molecule has 2 atom stereocenters. The summed E-state index contributed by atoms with van der Waals surface area (Å²) < 4.78 is 34.3. The number of ether oxygens (including phenoxy) is 1. The molecule has 0 spiro atoms. The van der Waals surface area contributed by atoms with Crippen LogP contribution >= 0.6 is 24.2 Å². The number of carbonyl (C=O) groups excluding carboxylic acids is 2. The number of halogens is 1. The van der Waals surface area contributed by atoms with E-state index in [0.717, 1.165) is 22.3 Å². The van der Waals surface area contributed by atoms with Crippen molar-refractivity contribution < 1.29 is 26.9 Å². The number of fused-ring (bicyclic) bond motifs is 1. The number of nitrogens with zero attached hydrogens (tertiary/aromatic N) is 1.